The molecule has 0 rings (SSSR count). The van der Waals surface area contributed by atoms with Crippen molar-refractivity contribution in [2.75, 3.05) is 6.61 Å². The van der Waals surface area contributed by atoms with Crippen LogP contribution in [0.5, 0.6) is 0 Å². The molecule has 0 saturated heterocycles. The van der Waals surface area contributed by atoms with E-state index in [0.717, 1.165) is 0 Å². The van der Waals surface area contributed by atoms with Crippen LogP contribution < -0.4 is 0 Å². The monoisotopic (exact) mass is 154 g/mol. The van der Waals surface area contributed by atoms with E-state index in [1.165, 1.54) is 6.08 Å². The Balaban J connectivity index is 3.72. The van der Waals surface area contributed by atoms with Gasteiger partial charge in [-0.3, -0.25) is 0 Å². The van der Waals surface area contributed by atoms with E-state index in [9.17, 15) is 4.79 Å². The zero-order valence-electron chi connectivity index (χ0n) is 7.31. The maximum atomic E-state index is 10.7. The molecule has 0 fully saturated rings. The molecule has 0 bridgehead atoms. The average Bonchev–Trinajstić information content (AvgIpc) is 1.83. The van der Waals surface area contributed by atoms with Crippen molar-refractivity contribution in [2.24, 2.45) is 5.41 Å². The molecular weight excluding hydrogens is 140 g/mol. The summed E-state index contributed by atoms with van der Waals surface area (Å²) < 4.78 is 4.85. The second-order valence-corrected chi connectivity index (χ2v) is 3.52. The van der Waals surface area contributed by atoms with Crippen LogP contribution in [0.4, 0.5) is 0 Å². The molecule has 62 valence electrons. The van der Waals surface area contributed by atoms with E-state index in [-0.39, 0.29) is 11.4 Å². The summed E-state index contributed by atoms with van der Waals surface area (Å²) in [6, 6.07) is 0. The molecule has 0 aromatic heterocycles. The molecule has 0 unspecified atom stereocenters. The highest BCUT2D eigenvalue weighted by Crippen LogP contribution is 2.12. The molecule has 0 amide bonds. The summed E-state index contributed by atoms with van der Waals surface area (Å²) in [5, 5.41) is 0. The number of carbonyl (C=O) groups excluding carboxylic acids is 1. The topological polar surface area (TPSA) is 26.3 Å². The predicted molar refractivity (Wildman–Crippen MR) is 44.1 cm³/mol. The van der Waals surface area contributed by atoms with Crippen LogP contribution in [0.25, 0.3) is 0 Å². The van der Waals surface area contributed by atoms with Crippen molar-refractivity contribution >= 4 is 5.97 Å². The average molecular weight is 154 g/mol. The third kappa shape index (κ3) is 6.88. The molecule has 2 heteroatoms. The first-order valence-electron chi connectivity index (χ1n) is 3.48. The Morgan fingerprint density at radius 2 is 2.18 bits per heavy atom. The first kappa shape index (κ1) is 9.99. The minimum Gasteiger partial charge on any atom is -0.462 e. The molecule has 0 aliphatic heterocycles. The van der Waals surface area contributed by atoms with Gasteiger partial charge in [0.2, 0.25) is 0 Å². The smallest absolute Gasteiger partial charge is 0.338 e. The summed E-state index contributed by atoms with van der Waals surface area (Å²) in [4.78, 5) is 10.7. The maximum absolute atomic E-state index is 10.7. The first-order chi connectivity index (χ1) is 4.95. The third-order valence-corrected chi connectivity index (χ3v) is 0.867. The van der Waals surface area contributed by atoms with E-state index in [1.54, 1.807) is 0 Å². The van der Waals surface area contributed by atoms with E-state index in [0.29, 0.717) is 6.61 Å². The van der Waals surface area contributed by atoms with Crippen LogP contribution >= 0.6 is 0 Å². The lowest BCUT2D eigenvalue weighted by Gasteiger charge is -2.16. The van der Waals surface area contributed by atoms with Gasteiger partial charge in [0.05, 0.1) is 12.7 Å². The number of hydrogen-bond acceptors (Lipinski definition) is 2. The van der Waals surface area contributed by atoms with Crippen molar-refractivity contribution in [2.45, 2.75) is 20.8 Å². The molecule has 0 atom stereocenters. The summed E-state index contributed by atoms with van der Waals surface area (Å²) in [5.74, 6) is -0.380. The highest BCUT2D eigenvalue weighted by molar-refractivity contribution is 5.81. The molecule has 0 heterocycles. The Morgan fingerprint density at radius 3 is 2.55 bits per heavy atom. The molecule has 0 N–H and O–H groups in total. The Hall–Kier alpha value is -1.01. The fourth-order valence-electron chi connectivity index (χ4n) is 0.413. The quantitative estimate of drug-likeness (QED) is 0.345. The molecular formula is C9H14O2. The number of hydrogen-bond donors (Lipinski definition) is 0. The SMILES string of the molecule is C=C=CC(=O)OCC(C)(C)C. The van der Waals surface area contributed by atoms with Crippen LogP contribution in [0.3, 0.4) is 0 Å². The van der Waals surface area contributed by atoms with E-state index in [4.69, 9.17) is 4.74 Å². The molecule has 0 aromatic rings. The molecule has 2 nitrogen and oxygen atoms in total. The maximum Gasteiger partial charge on any atom is 0.338 e. The van der Waals surface area contributed by atoms with Gasteiger partial charge < -0.3 is 4.74 Å². The van der Waals surface area contributed by atoms with Gasteiger partial charge in [-0.1, -0.05) is 27.4 Å². The molecule has 0 spiro atoms. The standard InChI is InChI=1S/C9H14O2/c1-5-6-8(10)11-7-9(2,3)4/h6H,1,7H2,2-4H3. The molecule has 0 radical (unpaired) electrons. The summed E-state index contributed by atoms with van der Waals surface area (Å²) in [6.07, 6.45) is 1.19. The molecule has 11 heavy (non-hydrogen) atoms. The first-order valence-corrected chi connectivity index (χ1v) is 3.48. The lowest BCUT2D eigenvalue weighted by Crippen LogP contribution is -2.16. The van der Waals surface area contributed by atoms with Gasteiger partial charge in [0, 0.05) is 0 Å². The Morgan fingerprint density at radius 1 is 1.64 bits per heavy atom. The number of carbonyl (C=O) groups is 1. The van der Waals surface area contributed by atoms with Crippen LogP contribution in [0.1, 0.15) is 20.8 Å². The Kier molecular flexibility index (Phi) is 3.63. The van der Waals surface area contributed by atoms with Crippen molar-refractivity contribution in [3.63, 3.8) is 0 Å². The lowest BCUT2D eigenvalue weighted by molar-refractivity contribution is -0.140. The molecule has 0 aliphatic rings. The Labute approximate surface area is 67.6 Å². The van der Waals surface area contributed by atoms with Crippen molar-refractivity contribution in [3.05, 3.63) is 18.4 Å². The number of esters is 1. The predicted octanol–water partition coefficient (Wildman–Crippen LogP) is 1.92. The normalized spacial score (nSPS) is 10.1. The zero-order valence-corrected chi connectivity index (χ0v) is 7.31. The van der Waals surface area contributed by atoms with E-state index < -0.39 is 0 Å². The van der Waals surface area contributed by atoms with Gasteiger partial charge in [-0.2, -0.15) is 0 Å². The summed E-state index contributed by atoms with van der Waals surface area (Å²) in [7, 11) is 0. The van der Waals surface area contributed by atoms with E-state index in [1.807, 2.05) is 20.8 Å². The van der Waals surface area contributed by atoms with Crippen LogP contribution in [-0.4, -0.2) is 12.6 Å². The van der Waals surface area contributed by atoms with Crippen LogP contribution in [0.2, 0.25) is 0 Å². The fraction of sp³-hybridized carbons (Fsp3) is 0.556. The molecule has 0 aliphatic carbocycles. The van der Waals surface area contributed by atoms with Crippen LogP contribution in [0.15, 0.2) is 18.4 Å². The van der Waals surface area contributed by atoms with Crippen LogP contribution in [0, 0.1) is 5.41 Å². The number of ether oxygens (including phenoxy) is 1. The van der Waals surface area contributed by atoms with Gasteiger partial charge in [-0.15, -0.1) is 5.73 Å². The van der Waals surface area contributed by atoms with Gasteiger partial charge >= 0.3 is 5.97 Å². The summed E-state index contributed by atoms with van der Waals surface area (Å²) >= 11 is 0. The van der Waals surface area contributed by atoms with Gasteiger partial charge in [-0.05, 0) is 5.41 Å². The fourth-order valence-corrected chi connectivity index (χ4v) is 0.413. The van der Waals surface area contributed by atoms with Crippen LogP contribution in [-0.2, 0) is 9.53 Å². The second-order valence-electron chi connectivity index (χ2n) is 3.52. The highest BCUT2D eigenvalue weighted by Gasteiger charge is 2.11. The summed E-state index contributed by atoms with van der Waals surface area (Å²) in [6.45, 7) is 9.68. The lowest BCUT2D eigenvalue weighted by atomic mass is 9.99. The van der Waals surface area contributed by atoms with E-state index >= 15 is 0 Å². The third-order valence-electron chi connectivity index (χ3n) is 0.867. The molecule has 0 aromatic carbocycles. The zero-order chi connectivity index (χ0) is 8.91. The van der Waals surface area contributed by atoms with Gasteiger partial charge in [0.25, 0.3) is 0 Å². The van der Waals surface area contributed by atoms with Crippen molar-refractivity contribution in [1.82, 2.24) is 0 Å². The number of rotatable bonds is 2. The second kappa shape index (κ2) is 3.99. The highest BCUT2D eigenvalue weighted by atomic mass is 16.5. The van der Waals surface area contributed by atoms with E-state index in [2.05, 4.69) is 12.3 Å². The Bertz CT molecular complexity index is 180. The van der Waals surface area contributed by atoms with Gasteiger partial charge in [0.1, 0.15) is 0 Å². The van der Waals surface area contributed by atoms with Crippen molar-refractivity contribution in [1.29, 1.82) is 0 Å². The largest absolute Gasteiger partial charge is 0.462 e. The van der Waals surface area contributed by atoms with Gasteiger partial charge in [-0.25, -0.2) is 4.79 Å². The minimum atomic E-state index is -0.380. The van der Waals surface area contributed by atoms with Gasteiger partial charge in [0.15, 0.2) is 0 Å². The minimum absolute atomic E-state index is 0.0185. The molecule has 0 saturated carbocycles. The summed E-state index contributed by atoms with van der Waals surface area (Å²) in [5.41, 5.74) is 2.37. The van der Waals surface area contributed by atoms with Crippen molar-refractivity contribution < 1.29 is 9.53 Å². The van der Waals surface area contributed by atoms with Crippen molar-refractivity contribution in [3.8, 4) is 0 Å².